The molecule has 1 fully saturated rings. The Hall–Kier alpha value is -2.14. The van der Waals surface area contributed by atoms with Crippen molar-refractivity contribution in [1.29, 1.82) is 0 Å². The van der Waals surface area contributed by atoms with Crippen molar-refractivity contribution in [2.75, 3.05) is 32.9 Å². The van der Waals surface area contributed by atoms with Crippen LogP contribution in [0.15, 0.2) is 60.9 Å². The van der Waals surface area contributed by atoms with Crippen molar-refractivity contribution in [2.45, 2.75) is 25.3 Å². The number of likely N-dealkylation sites (tertiary alicyclic amines) is 1. The van der Waals surface area contributed by atoms with Crippen molar-refractivity contribution in [3.05, 3.63) is 71.5 Å². The summed E-state index contributed by atoms with van der Waals surface area (Å²) in [5.41, 5.74) is 1.31. The summed E-state index contributed by atoms with van der Waals surface area (Å²) in [6.45, 7) is 3.86. The molecule has 1 aromatic heterocycles. The first-order chi connectivity index (χ1) is 14.3. The molecule has 2 aromatic carbocycles. The first-order valence-electron chi connectivity index (χ1n) is 10.3. The fraction of sp³-hybridized carbons (Fsp3) is 0.375. The highest BCUT2D eigenvalue weighted by Crippen LogP contribution is 2.31. The van der Waals surface area contributed by atoms with Crippen LogP contribution in [0.3, 0.4) is 0 Å². The molecule has 1 atom stereocenters. The second-order valence-electron chi connectivity index (χ2n) is 7.39. The summed E-state index contributed by atoms with van der Waals surface area (Å²) in [6.07, 6.45) is 7.56. The number of benzene rings is 2. The molecular formula is C24H27ClN2O2. The zero-order valence-corrected chi connectivity index (χ0v) is 17.4. The van der Waals surface area contributed by atoms with Crippen LogP contribution in [-0.4, -0.2) is 42.8 Å². The average molecular weight is 411 g/mol. The third-order valence-electron chi connectivity index (χ3n) is 5.52. The predicted octanol–water partition coefficient (Wildman–Crippen LogP) is 5.51. The van der Waals surface area contributed by atoms with E-state index in [1.54, 1.807) is 0 Å². The lowest BCUT2D eigenvalue weighted by atomic mass is 9.96. The number of nitrogens with zero attached hydrogens (tertiary/aromatic N) is 2. The van der Waals surface area contributed by atoms with Crippen molar-refractivity contribution < 1.29 is 9.47 Å². The lowest BCUT2D eigenvalue weighted by Crippen LogP contribution is -2.36. The number of hydrogen-bond acceptors (Lipinski definition) is 4. The molecular weight excluding hydrogens is 384 g/mol. The van der Waals surface area contributed by atoms with Gasteiger partial charge in [-0.05, 0) is 43.1 Å². The van der Waals surface area contributed by atoms with E-state index in [1.807, 2.05) is 54.9 Å². The zero-order chi connectivity index (χ0) is 19.9. The van der Waals surface area contributed by atoms with Crippen LogP contribution in [0.25, 0.3) is 10.8 Å². The van der Waals surface area contributed by atoms with Gasteiger partial charge in [0.1, 0.15) is 12.4 Å². The van der Waals surface area contributed by atoms with Crippen LogP contribution in [0.5, 0.6) is 5.75 Å². The van der Waals surface area contributed by atoms with Gasteiger partial charge in [0.2, 0.25) is 0 Å². The van der Waals surface area contributed by atoms with E-state index in [9.17, 15) is 0 Å². The van der Waals surface area contributed by atoms with Gasteiger partial charge in [0.25, 0.3) is 0 Å². The largest absolute Gasteiger partial charge is 0.491 e. The van der Waals surface area contributed by atoms with E-state index in [4.69, 9.17) is 21.1 Å². The Morgan fingerprint density at radius 2 is 1.86 bits per heavy atom. The van der Waals surface area contributed by atoms with Gasteiger partial charge in [-0.1, -0.05) is 48.4 Å². The van der Waals surface area contributed by atoms with Gasteiger partial charge >= 0.3 is 0 Å². The molecule has 152 valence electrons. The zero-order valence-electron chi connectivity index (χ0n) is 16.6. The van der Waals surface area contributed by atoms with Gasteiger partial charge < -0.3 is 9.47 Å². The molecule has 1 saturated heterocycles. The maximum Gasteiger partial charge on any atom is 0.127 e. The summed E-state index contributed by atoms with van der Waals surface area (Å²) >= 11 is 6.27. The van der Waals surface area contributed by atoms with Crippen LogP contribution in [0.2, 0.25) is 5.02 Å². The molecule has 5 heteroatoms. The molecule has 0 spiro atoms. The fourth-order valence-corrected chi connectivity index (χ4v) is 4.29. The molecule has 1 unspecified atom stereocenters. The molecule has 0 N–H and O–H groups in total. The minimum Gasteiger partial charge on any atom is -0.491 e. The van der Waals surface area contributed by atoms with Gasteiger partial charge in [-0.2, -0.15) is 0 Å². The summed E-state index contributed by atoms with van der Waals surface area (Å²) in [4.78, 5) is 6.81. The van der Waals surface area contributed by atoms with E-state index in [-0.39, 0.29) is 0 Å². The summed E-state index contributed by atoms with van der Waals surface area (Å²) in [6, 6.07) is 16.5. The maximum absolute atomic E-state index is 6.27. The molecule has 0 saturated carbocycles. The van der Waals surface area contributed by atoms with Gasteiger partial charge in [-0.15, -0.1) is 0 Å². The molecule has 2 heterocycles. The maximum atomic E-state index is 6.27. The summed E-state index contributed by atoms with van der Waals surface area (Å²) in [5.74, 6) is 0.848. The van der Waals surface area contributed by atoms with Gasteiger partial charge in [-0.25, -0.2) is 0 Å². The quantitative estimate of drug-likeness (QED) is 0.458. The average Bonchev–Trinajstić information content (AvgIpc) is 2.78. The SMILES string of the molecule is Clc1ccc(OCCOCCN2CCCCC2c2cccnc2)c2ccccc12. The van der Waals surface area contributed by atoms with Crippen molar-refractivity contribution in [1.82, 2.24) is 9.88 Å². The van der Waals surface area contributed by atoms with Crippen molar-refractivity contribution in [3.8, 4) is 5.75 Å². The van der Waals surface area contributed by atoms with E-state index in [1.165, 1.54) is 24.8 Å². The van der Waals surface area contributed by atoms with Crippen LogP contribution >= 0.6 is 11.6 Å². The Balaban J connectivity index is 1.24. The Morgan fingerprint density at radius 1 is 0.966 bits per heavy atom. The molecule has 4 nitrogen and oxygen atoms in total. The molecule has 3 aromatic rings. The first-order valence-corrected chi connectivity index (χ1v) is 10.7. The van der Waals surface area contributed by atoms with Crippen LogP contribution in [-0.2, 0) is 4.74 Å². The standard InChI is InChI=1S/C24H27ClN2O2/c25-22-10-11-24(21-8-2-1-7-20(21)22)29-17-16-28-15-14-27-13-4-3-9-23(27)19-6-5-12-26-18-19/h1-2,5-8,10-12,18,23H,3-4,9,13-17H2. The number of rotatable bonds is 8. The third-order valence-corrected chi connectivity index (χ3v) is 5.85. The Labute approximate surface area is 177 Å². The number of ether oxygens (including phenoxy) is 2. The van der Waals surface area contributed by atoms with E-state index < -0.39 is 0 Å². The van der Waals surface area contributed by atoms with Crippen molar-refractivity contribution in [3.63, 3.8) is 0 Å². The monoisotopic (exact) mass is 410 g/mol. The van der Waals surface area contributed by atoms with Crippen molar-refractivity contribution >= 4 is 22.4 Å². The van der Waals surface area contributed by atoms with Crippen LogP contribution in [0, 0.1) is 0 Å². The predicted molar refractivity (Wildman–Crippen MR) is 118 cm³/mol. The second-order valence-corrected chi connectivity index (χ2v) is 7.79. The highest BCUT2D eigenvalue weighted by Gasteiger charge is 2.23. The number of piperidine rings is 1. The van der Waals surface area contributed by atoms with Gasteiger partial charge in [-0.3, -0.25) is 9.88 Å². The number of halogens is 1. The van der Waals surface area contributed by atoms with Crippen LogP contribution in [0.4, 0.5) is 0 Å². The normalized spacial score (nSPS) is 17.5. The molecule has 0 bridgehead atoms. The molecule has 29 heavy (non-hydrogen) atoms. The number of fused-ring (bicyclic) bond motifs is 1. The molecule has 1 aliphatic heterocycles. The Bertz CT molecular complexity index is 919. The molecule has 1 aliphatic rings. The topological polar surface area (TPSA) is 34.6 Å². The van der Waals surface area contributed by atoms with Crippen molar-refractivity contribution in [2.24, 2.45) is 0 Å². The summed E-state index contributed by atoms with van der Waals surface area (Å²) < 4.78 is 11.8. The van der Waals surface area contributed by atoms with Gasteiger partial charge in [0.15, 0.2) is 0 Å². The van der Waals surface area contributed by atoms with E-state index >= 15 is 0 Å². The minimum absolute atomic E-state index is 0.456. The Kier molecular flexibility index (Phi) is 6.99. The molecule has 0 radical (unpaired) electrons. The molecule has 4 rings (SSSR count). The lowest BCUT2D eigenvalue weighted by molar-refractivity contribution is 0.0573. The highest BCUT2D eigenvalue weighted by atomic mass is 35.5. The Morgan fingerprint density at radius 3 is 2.72 bits per heavy atom. The summed E-state index contributed by atoms with van der Waals surface area (Å²) in [5, 5.41) is 2.79. The van der Waals surface area contributed by atoms with Crippen LogP contribution < -0.4 is 4.74 Å². The number of aromatic nitrogens is 1. The smallest absolute Gasteiger partial charge is 0.127 e. The first kappa shape index (κ1) is 20.1. The third kappa shape index (κ3) is 5.08. The number of pyridine rings is 1. The lowest BCUT2D eigenvalue weighted by Gasteiger charge is -2.35. The minimum atomic E-state index is 0.456. The molecule has 0 aliphatic carbocycles. The highest BCUT2D eigenvalue weighted by molar-refractivity contribution is 6.35. The molecule has 0 amide bonds. The summed E-state index contributed by atoms with van der Waals surface area (Å²) in [7, 11) is 0. The van der Waals surface area contributed by atoms with E-state index in [0.717, 1.165) is 34.6 Å². The van der Waals surface area contributed by atoms with Gasteiger partial charge in [0.05, 0.1) is 13.2 Å². The fourth-order valence-electron chi connectivity index (χ4n) is 4.06. The second kappa shape index (κ2) is 10.1. The van der Waals surface area contributed by atoms with E-state index in [2.05, 4.69) is 16.0 Å². The van der Waals surface area contributed by atoms with E-state index in [0.29, 0.717) is 25.9 Å². The van der Waals surface area contributed by atoms with Crippen LogP contribution in [0.1, 0.15) is 30.9 Å². The van der Waals surface area contributed by atoms with Gasteiger partial charge in [0, 0.05) is 40.8 Å². The number of hydrogen-bond donors (Lipinski definition) is 0.